The molecule has 0 spiro atoms. The molecule has 1 amide bonds. The van der Waals surface area contributed by atoms with E-state index in [0.29, 0.717) is 19.1 Å². The molecule has 1 aromatic carbocycles. The summed E-state index contributed by atoms with van der Waals surface area (Å²) in [4.78, 5) is 11.7. The monoisotopic (exact) mass is 262 g/mol. The van der Waals surface area contributed by atoms with E-state index in [0.717, 1.165) is 38.1 Å². The van der Waals surface area contributed by atoms with Crippen molar-refractivity contribution in [1.82, 2.24) is 10.6 Å². The van der Waals surface area contributed by atoms with Gasteiger partial charge in [-0.25, -0.2) is 0 Å². The fourth-order valence-corrected chi connectivity index (χ4v) is 2.21. The number of para-hydroxylation sites is 1. The summed E-state index contributed by atoms with van der Waals surface area (Å²) in [5.74, 6) is 0.991. The van der Waals surface area contributed by atoms with Crippen LogP contribution in [0.2, 0.25) is 0 Å². The molecule has 1 atom stereocenters. The molecule has 0 radical (unpaired) electrons. The maximum Gasteiger partial charge on any atom is 0.220 e. The first kappa shape index (κ1) is 13.9. The number of ether oxygens (including phenoxy) is 1. The van der Waals surface area contributed by atoms with Crippen LogP contribution in [0.4, 0.5) is 0 Å². The van der Waals surface area contributed by atoms with Crippen LogP contribution in [0.5, 0.6) is 5.75 Å². The second-order valence-electron chi connectivity index (χ2n) is 4.88. The molecule has 1 fully saturated rings. The van der Waals surface area contributed by atoms with E-state index in [2.05, 4.69) is 10.6 Å². The molecule has 4 nitrogen and oxygen atoms in total. The lowest BCUT2D eigenvalue weighted by Crippen LogP contribution is -2.45. The molecule has 1 aliphatic heterocycles. The van der Waals surface area contributed by atoms with Crippen LogP contribution in [0, 0.1) is 0 Å². The molecule has 1 aliphatic rings. The molecule has 0 aliphatic carbocycles. The quantitative estimate of drug-likeness (QED) is 0.767. The molecule has 0 saturated carbocycles. The predicted octanol–water partition coefficient (Wildman–Crippen LogP) is 1.71. The minimum Gasteiger partial charge on any atom is -0.494 e. The summed E-state index contributed by atoms with van der Waals surface area (Å²) in [5.41, 5.74) is 0. The Morgan fingerprint density at radius 2 is 2.21 bits per heavy atom. The van der Waals surface area contributed by atoms with Crippen molar-refractivity contribution in [2.75, 3.05) is 19.7 Å². The summed E-state index contributed by atoms with van der Waals surface area (Å²) < 4.78 is 5.55. The van der Waals surface area contributed by atoms with Gasteiger partial charge in [0.25, 0.3) is 0 Å². The Bertz CT molecular complexity index is 375. The van der Waals surface area contributed by atoms with Crippen LogP contribution in [0.25, 0.3) is 0 Å². The molecule has 104 valence electrons. The first-order chi connectivity index (χ1) is 9.34. The highest BCUT2D eigenvalue weighted by molar-refractivity contribution is 5.76. The molecule has 1 heterocycles. The summed E-state index contributed by atoms with van der Waals surface area (Å²) in [7, 11) is 0. The SMILES string of the molecule is O=C(CCCOc1ccccc1)NC1CCCNC1. The second kappa shape index (κ2) is 7.79. The molecule has 0 aromatic heterocycles. The van der Waals surface area contributed by atoms with Crippen LogP contribution in [0.15, 0.2) is 30.3 Å². The van der Waals surface area contributed by atoms with Crippen LogP contribution >= 0.6 is 0 Å². The molecule has 2 N–H and O–H groups in total. The van der Waals surface area contributed by atoms with Gasteiger partial charge in [0, 0.05) is 19.0 Å². The van der Waals surface area contributed by atoms with Crippen LogP contribution in [0.1, 0.15) is 25.7 Å². The van der Waals surface area contributed by atoms with Gasteiger partial charge < -0.3 is 15.4 Å². The van der Waals surface area contributed by atoms with E-state index in [1.54, 1.807) is 0 Å². The number of hydrogen-bond acceptors (Lipinski definition) is 3. The maximum atomic E-state index is 11.7. The maximum absolute atomic E-state index is 11.7. The van der Waals surface area contributed by atoms with Gasteiger partial charge in [-0.3, -0.25) is 4.79 Å². The van der Waals surface area contributed by atoms with E-state index >= 15 is 0 Å². The van der Waals surface area contributed by atoms with Crippen molar-refractivity contribution in [2.45, 2.75) is 31.7 Å². The standard InChI is InChI=1S/C15H22N2O2/c18-15(17-13-6-4-10-16-12-13)9-5-11-19-14-7-2-1-3-8-14/h1-3,7-8,13,16H,4-6,9-12H2,(H,17,18). The molecule has 0 bridgehead atoms. The lowest BCUT2D eigenvalue weighted by Gasteiger charge is -2.23. The number of piperidine rings is 1. The summed E-state index contributed by atoms with van der Waals surface area (Å²) in [6, 6.07) is 9.99. The van der Waals surface area contributed by atoms with E-state index in [9.17, 15) is 4.79 Å². The first-order valence-corrected chi connectivity index (χ1v) is 7.02. The predicted molar refractivity (Wildman–Crippen MR) is 75.2 cm³/mol. The van der Waals surface area contributed by atoms with Gasteiger partial charge in [0.05, 0.1) is 6.61 Å². The van der Waals surface area contributed by atoms with Gasteiger partial charge >= 0.3 is 0 Å². The fourth-order valence-electron chi connectivity index (χ4n) is 2.21. The highest BCUT2D eigenvalue weighted by Crippen LogP contribution is 2.09. The smallest absolute Gasteiger partial charge is 0.220 e. The highest BCUT2D eigenvalue weighted by atomic mass is 16.5. The summed E-state index contributed by atoms with van der Waals surface area (Å²) in [5, 5.41) is 6.35. The van der Waals surface area contributed by atoms with Crippen molar-refractivity contribution in [3.63, 3.8) is 0 Å². The Morgan fingerprint density at radius 3 is 2.95 bits per heavy atom. The van der Waals surface area contributed by atoms with Crippen molar-refractivity contribution in [3.05, 3.63) is 30.3 Å². The number of carbonyl (C=O) groups excluding carboxylic acids is 1. The zero-order chi connectivity index (χ0) is 13.3. The second-order valence-corrected chi connectivity index (χ2v) is 4.88. The third-order valence-electron chi connectivity index (χ3n) is 3.22. The van der Waals surface area contributed by atoms with Gasteiger partial charge in [-0.05, 0) is 37.9 Å². The number of carbonyl (C=O) groups is 1. The van der Waals surface area contributed by atoms with Crippen LogP contribution in [-0.2, 0) is 4.79 Å². The number of hydrogen-bond donors (Lipinski definition) is 2. The van der Waals surface area contributed by atoms with Gasteiger partial charge in [0.1, 0.15) is 5.75 Å². The Labute approximate surface area is 114 Å². The minimum atomic E-state index is 0.130. The topological polar surface area (TPSA) is 50.4 Å². The molecular formula is C15H22N2O2. The van der Waals surface area contributed by atoms with Gasteiger partial charge in [-0.1, -0.05) is 18.2 Å². The minimum absolute atomic E-state index is 0.130. The zero-order valence-corrected chi connectivity index (χ0v) is 11.2. The van der Waals surface area contributed by atoms with Gasteiger partial charge in [-0.2, -0.15) is 0 Å². The van der Waals surface area contributed by atoms with Crippen molar-refractivity contribution in [1.29, 1.82) is 0 Å². The average Bonchev–Trinajstić information content (AvgIpc) is 2.46. The molecule has 1 saturated heterocycles. The van der Waals surface area contributed by atoms with Gasteiger partial charge in [0.2, 0.25) is 5.91 Å². The van der Waals surface area contributed by atoms with E-state index < -0.39 is 0 Å². The summed E-state index contributed by atoms with van der Waals surface area (Å²) in [6.07, 6.45) is 3.51. The fraction of sp³-hybridized carbons (Fsp3) is 0.533. The van der Waals surface area contributed by atoms with E-state index in [1.807, 2.05) is 30.3 Å². The number of nitrogens with one attached hydrogen (secondary N) is 2. The van der Waals surface area contributed by atoms with Crippen molar-refractivity contribution < 1.29 is 9.53 Å². The molecule has 4 heteroatoms. The number of benzene rings is 1. The number of amides is 1. The average molecular weight is 262 g/mol. The van der Waals surface area contributed by atoms with Crippen LogP contribution in [-0.4, -0.2) is 31.6 Å². The Balaban J connectivity index is 1.56. The lowest BCUT2D eigenvalue weighted by molar-refractivity contribution is -0.122. The molecule has 1 unspecified atom stereocenters. The summed E-state index contributed by atoms with van der Waals surface area (Å²) >= 11 is 0. The third-order valence-corrected chi connectivity index (χ3v) is 3.22. The van der Waals surface area contributed by atoms with E-state index in [1.165, 1.54) is 0 Å². The Morgan fingerprint density at radius 1 is 1.37 bits per heavy atom. The van der Waals surface area contributed by atoms with Crippen LogP contribution < -0.4 is 15.4 Å². The van der Waals surface area contributed by atoms with Crippen molar-refractivity contribution in [3.8, 4) is 5.75 Å². The van der Waals surface area contributed by atoms with E-state index in [-0.39, 0.29) is 5.91 Å². The molecule has 1 aromatic rings. The van der Waals surface area contributed by atoms with E-state index in [4.69, 9.17) is 4.74 Å². The lowest BCUT2D eigenvalue weighted by atomic mass is 10.1. The number of rotatable bonds is 6. The Kier molecular flexibility index (Phi) is 5.69. The van der Waals surface area contributed by atoms with Crippen molar-refractivity contribution >= 4 is 5.91 Å². The largest absolute Gasteiger partial charge is 0.494 e. The van der Waals surface area contributed by atoms with Crippen LogP contribution in [0.3, 0.4) is 0 Å². The van der Waals surface area contributed by atoms with Crippen molar-refractivity contribution in [2.24, 2.45) is 0 Å². The molecule has 19 heavy (non-hydrogen) atoms. The molecular weight excluding hydrogens is 240 g/mol. The zero-order valence-electron chi connectivity index (χ0n) is 11.2. The van der Waals surface area contributed by atoms with Gasteiger partial charge in [-0.15, -0.1) is 0 Å². The normalized spacial score (nSPS) is 18.8. The summed E-state index contributed by atoms with van der Waals surface area (Å²) in [6.45, 7) is 2.55. The molecule has 2 rings (SSSR count). The first-order valence-electron chi connectivity index (χ1n) is 7.02. The third kappa shape index (κ3) is 5.30. The highest BCUT2D eigenvalue weighted by Gasteiger charge is 2.14. The Hall–Kier alpha value is -1.55. The van der Waals surface area contributed by atoms with Gasteiger partial charge in [0.15, 0.2) is 0 Å².